The van der Waals surface area contributed by atoms with Crippen LogP contribution in [0.3, 0.4) is 0 Å². The second-order valence-electron chi connectivity index (χ2n) is 5.73. The number of alkyl halides is 3. The number of nitrogens with one attached hydrogen (secondary N) is 1. The summed E-state index contributed by atoms with van der Waals surface area (Å²) in [5, 5.41) is 3.13. The highest BCUT2D eigenvalue weighted by atomic mass is 19.4. The van der Waals surface area contributed by atoms with E-state index < -0.39 is 12.1 Å². The van der Waals surface area contributed by atoms with Crippen LogP contribution in [0.5, 0.6) is 0 Å². The number of hydrogen-bond acceptors (Lipinski definition) is 2. The number of likely N-dealkylation sites (N-methyl/N-ethyl adjacent to an activating group) is 1. The Bertz CT molecular complexity index is 256. The summed E-state index contributed by atoms with van der Waals surface area (Å²) in [5.41, 5.74) is 0. The molecule has 0 aromatic rings. The first-order chi connectivity index (χ1) is 8.86. The molecular weight excluding hydrogens is 253 g/mol. The Balaban J connectivity index is 2.37. The fraction of sp³-hybridized carbons (Fsp3) is 1.00. The number of rotatable bonds is 6. The zero-order valence-electron chi connectivity index (χ0n) is 12.3. The molecule has 1 saturated carbocycles. The average Bonchev–Trinajstić information content (AvgIpc) is 2.37. The Morgan fingerprint density at radius 1 is 1.26 bits per heavy atom. The molecule has 0 aromatic heterocycles. The third-order valence-electron chi connectivity index (χ3n) is 4.40. The largest absolute Gasteiger partial charge is 0.393 e. The van der Waals surface area contributed by atoms with Gasteiger partial charge in [0.05, 0.1) is 5.92 Å². The van der Waals surface area contributed by atoms with Crippen LogP contribution in [0.25, 0.3) is 0 Å². The Labute approximate surface area is 114 Å². The van der Waals surface area contributed by atoms with E-state index >= 15 is 0 Å². The van der Waals surface area contributed by atoms with Gasteiger partial charge in [-0.1, -0.05) is 19.8 Å². The van der Waals surface area contributed by atoms with E-state index in [1.54, 1.807) is 0 Å². The maximum atomic E-state index is 12.9. The summed E-state index contributed by atoms with van der Waals surface area (Å²) < 4.78 is 38.7. The summed E-state index contributed by atoms with van der Waals surface area (Å²) in [4.78, 5) is 2.19. The van der Waals surface area contributed by atoms with E-state index in [1.807, 2.05) is 7.05 Å². The van der Waals surface area contributed by atoms with E-state index in [0.717, 1.165) is 19.4 Å². The molecule has 0 spiro atoms. The van der Waals surface area contributed by atoms with Gasteiger partial charge in [0, 0.05) is 25.2 Å². The van der Waals surface area contributed by atoms with E-state index in [9.17, 15) is 13.2 Å². The lowest BCUT2D eigenvalue weighted by Crippen LogP contribution is -2.47. The lowest BCUT2D eigenvalue weighted by Gasteiger charge is -2.34. The van der Waals surface area contributed by atoms with Gasteiger partial charge in [-0.05, 0) is 33.2 Å². The number of hydrogen-bond donors (Lipinski definition) is 1. The highest BCUT2D eigenvalue weighted by Crippen LogP contribution is 2.37. The minimum absolute atomic E-state index is 0.280. The van der Waals surface area contributed by atoms with Crippen molar-refractivity contribution in [3.05, 3.63) is 0 Å². The van der Waals surface area contributed by atoms with Crippen LogP contribution >= 0.6 is 0 Å². The quantitative estimate of drug-likeness (QED) is 0.802. The zero-order valence-corrected chi connectivity index (χ0v) is 12.3. The van der Waals surface area contributed by atoms with Gasteiger partial charge >= 0.3 is 6.18 Å². The van der Waals surface area contributed by atoms with E-state index in [4.69, 9.17) is 0 Å². The Morgan fingerprint density at radius 3 is 2.47 bits per heavy atom. The molecular formula is C14H27F3N2. The fourth-order valence-electron chi connectivity index (χ4n) is 2.73. The van der Waals surface area contributed by atoms with Crippen LogP contribution < -0.4 is 5.32 Å². The summed E-state index contributed by atoms with van der Waals surface area (Å²) in [6.07, 6.45) is -0.452. The van der Waals surface area contributed by atoms with E-state index in [0.29, 0.717) is 25.4 Å². The lowest BCUT2D eigenvalue weighted by atomic mass is 9.84. The van der Waals surface area contributed by atoms with Crippen molar-refractivity contribution >= 4 is 0 Å². The first kappa shape index (κ1) is 16.8. The van der Waals surface area contributed by atoms with Crippen molar-refractivity contribution in [2.75, 3.05) is 20.1 Å². The molecule has 19 heavy (non-hydrogen) atoms. The summed E-state index contributed by atoms with van der Waals surface area (Å²) in [5.74, 6) is -1.16. The van der Waals surface area contributed by atoms with Gasteiger partial charge in [0.25, 0.3) is 0 Å². The van der Waals surface area contributed by atoms with Crippen LogP contribution in [0.4, 0.5) is 13.2 Å². The van der Waals surface area contributed by atoms with Crippen LogP contribution in [0.15, 0.2) is 0 Å². The standard InChI is InChI=1S/C14H27F3N2/c1-4-11(2)19(3)10-9-18-13-8-6-5-7-12(13)14(15,16)17/h11-13,18H,4-10H2,1-3H3. The van der Waals surface area contributed by atoms with E-state index in [-0.39, 0.29) is 12.5 Å². The number of halogens is 3. The molecule has 1 fully saturated rings. The topological polar surface area (TPSA) is 15.3 Å². The molecule has 1 N–H and O–H groups in total. The van der Waals surface area contributed by atoms with Crippen LogP contribution in [0.1, 0.15) is 46.0 Å². The van der Waals surface area contributed by atoms with Crippen molar-refractivity contribution in [2.45, 2.75) is 64.2 Å². The van der Waals surface area contributed by atoms with Crippen molar-refractivity contribution in [1.29, 1.82) is 0 Å². The Hall–Kier alpha value is -0.290. The Kier molecular flexibility index (Phi) is 6.60. The normalized spacial score (nSPS) is 26.7. The van der Waals surface area contributed by atoms with E-state index in [1.165, 1.54) is 0 Å². The molecule has 0 aromatic carbocycles. The maximum absolute atomic E-state index is 12.9. The minimum atomic E-state index is -4.05. The van der Waals surface area contributed by atoms with Gasteiger partial charge in [0.2, 0.25) is 0 Å². The second-order valence-corrected chi connectivity index (χ2v) is 5.73. The molecule has 1 aliphatic carbocycles. The first-order valence-electron chi connectivity index (χ1n) is 7.36. The molecule has 0 saturated heterocycles. The molecule has 2 nitrogen and oxygen atoms in total. The molecule has 0 aliphatic heterocycles. The Morgan fingerprint density at radius 2 is 1.89 bits per heavy atom. The van der Waals surface area contributed by atoms with Gasteiger partial charge in [-0.2, -0.15) is 13.2 Å². The molecule has 1 rings (SSSR count). The highest BCUT2D eigenvalue weighted by Gasteiger charge is 2.45. The monoisotopic (exact) mass is 280 g/mol. The van der Waals surface area contributed by atoms with Gasteiger partial charge in [-0.3, -0.25) is 0 Å². The van der Waals surface area contributed by atoms with Crippen LogP contribution in [-0.2, 0) is 0 Å². The molecule has 5 heteroatoms. The second kappa shape index (κ2) is 7.48. The van der Waals surface area contributed by atoms with Crippen LogP contribution in [0.2, 0.25) is 0 Å². The molecule has 0 heterocycles. The van der Waals surface area contributed by atoms with E-state index in [2.05, 4.69) is 24.1 Å². The molecule has 0 amide bonds. The maximum Gasteiger partial charge on any atom is 0.393 e. The summed E-state index contributed by atoms with van der Waals surface area (Å²) in [6, 6.07) is 0.0886. The third kappa shape index (κ3) is 5.30. The van der Waals surface area contributed by atoms with Crippen LogP contribution in [-0.4, -0.2) is 43.3 Å². The summed E-state index contributed by atoms with van der Waals surface area (Å²) in [6.45, 7) is 5.70. The van der Waals surface area contributed by atoms with Crippen molar-refractivity contribution < 1.29 is 13.2 Å². The summed E-state index contributed by atoms with van der Waals surface area (Å²) in [7, 11) is 2.03. The fourth-order valence-corrected chi connectivity index (χ4v) is 2.73. The SMILES string of the molecule is CCC(C)N(C)CCNC1CCCCC1C(F)(F)F. The van der Waals surface area contributed by atoms with Gasteiger partial charge in [0.1, 0.15) is 0 Å². The molecule has 3 unspecified atom stereocenters. The zero-order chi connectivity index (χ0) is 14.5. The number of nitrogens with zero attached hydrogens (tertiary/aromatic N) is 1. The van der Waals surface area contributed by atoms with Crippen molar-refractivity contribution in [3.63, 3.8) is 0 Å². The minimum Gasteiger partial charge on any atom is -0.312 e. The predicted molar refractivity (Wildman–Crippen MR) is 72.2 cm³/mol. The van der Waals surface area contributed by atoms with Gasteiger partial charge in [0.15, 0.2) is 0 Å². The van der Waals surface area contributed by atoms with Crippen LogP contribution in [0, 0.1) is 5.92 Å². The molecule has 3 atom stereocenters. The summed E-state index contributed by atoms with van der Waals surface area (Å²) >= 11 is 0. The lowest BCUT2D eigenvalue weighted by molar-refractivity contribution is -0.188. The average molecular weight is 280 g/mol. The highest BCUT2D eigenvalue weighted by molar-refractivity contribution is 4.85. The molecule has 0 bridgehead atoms. The molecule has 0 radical (unpaired) electrons. The van der Waals surface area contributed by atoms with Gasteiger partial charge < -0.3 is 10.2 Å². The van der Waals surface area contributed by atoms with Crippen molar-refractivity contribution in [3.8, 4) is 0 Å². The van der Waals surface area contributed by atoms with Gasteiger partial charge in [-0.15, -0.1) is 0 Å². The molecule has 1 aliphatic rings. The smallest absolute Gasteiger partial charge is 0.312 e. The van der Waals surface area contributed by atoms with Crippen molar-refractivity contribution in [1.82, 2.24) is 10.2 Å². The van der Waals surface area contributed by atoms with Crippen molar-refractivity contribution in [2.24, 2.45) is 5.92 Å². The van der Waals surface area contributed by atoms with Gasteiger partial charge in [-0.25, -0.2) is 0 Å². The predicted octanol–water partition coefficient (Wildman–Crippen LogP) is 3.43. The molecule has 114 valence electrons. The first-order valence-corrected chi connectivity index (χ1v) is 7.36. The third-order valence-corrected chi connectivity index (χ3v) is 4.40.